The molecule has 0 aromatic heterocycles. The van der Waals surface area contributed by atoms with Crippen LogP contribution in [0.2, 0.25) is 0 Å². The van der Waals surface area contributed by atoms with E-state index in [-0.39, 0.29) is 6.04 Å². The summed E-state index contributed by atoms with van der Waals surface area (Å²) in [6.07, 6.45) is 3.32. The van der Waals surface area contributed by atoms with Crippen molar-refractivity contribution in [3.05, 3.63) is 42.0 Å². The van der Waals surface area contributed by atoms with Crippen LogP contribution in [-0.2, 0) is 4.79 Å². The van der Waals surface area contributed by atoms with Crippen LogP contribution in [0, 0.1) is 0 Å². The molecular formula is C11H11NO. The van der Waals surface area contributed by atoms with E-state index in [0.29, 0.717) is 0 Å². The van der Waals surface area contributed by atoms with Gasteiger partial charge in [-0.3, -0.25) is 0 Å². The van der Waals surface area contributed by atoms with E-state index < -0.39 is 0 Å². The number of carbonyl (C=O) groups excluding carboxylic acids is 1. The molecule has 0 aliphatic rings. The highest BCUT2D eigenvalue weighted by atomic mass is 16.1. The van der Waals surface area contributed by atoms with Gasteiger partial charge in [-0.1, -0.05) is 36.9 Å². The predicted molar refractivity (Wildman–Crippen MR) is 53.1 cm³/mol. The third-order valence-corrected chi connectivity index (χ3v) is 1.90. The van der Waals surface area contributed by atoms with Crippen molar-refractivity contribution in [3.63, 3.8) is 0 Å². The van der Waals surface area contributed by atoms with Crippen molar-refractivity contribution >= 4 is 12.2 Å². The Morgan fingerprint density at radius 3 is 2.54 bits per heavy atom. The third kappa shape index (κ3) is 2.39. The Morgan fingerprint density at radius 1 is 1.46 bits per heavy atom. The normalized spacial score (nSPS) is 11.5. The molecule has 0 aliphatic carbocycles. The first-order valence-corrected chi connectivity index (χ1v) is 4.07. The summed E-state index contributed by atoms with van der Waals surface area (Å²) in [5, 5.41) is 0. The van der Waals surface area contributed by atoms with Crippen molar-refractivity contribution in [2.24, 2.45) is 4.99 Å². The van der Waals surface area contributed by atoms with Gasteiger partial charge in [0, 0.05) is 0 Å². The van der Waals surface area contributed by atoms with Gasteiger partial charge >= 0.3 is 0 Å². The second kappa shape index (κ2) is 4.39. The first-order valence-electron chi connectivity index (χ1n) is 4.07. The molecule has 1 rings (SSSR count). The Hall–Kier alpha value is -1.66. The fourth-order valence-electron chi connectivity index (χ4n) is 1.06. The van der Waals surface area contributed by atoms with E-state index in [0.717, 1.165) is 11.1 Å². The minimum Gasteiger partial charge on any atom is -0.211 e. The van der Waals surface area contributed by atoms with Crippen LogP contribution < -0.4 is 0 Å². The molecular weight excluding hydrogens is 162 g/mol. The van der Waals surface area contributed by atoms with Gasteiger partial charge < -0.3 is 0 Å². The van der Waals surface area contributed by atoms with Gasteiger partial charge in [0.1, 0.15) is 0 Å². The SMILES string of the molecule is C=Cc1ccc(C(C)N=C=O)cc1. The zero-order valence-corrected chi connectivity index (χ0v) is 7.53. The molecule has 0 saturated carbocycles. The molecule has 66 valence electrons. The van der Waals surface area contributed by atoms with Crippen LogP contribution in [0.5, 0.6) is 0 Å². The molecule has 0 amide bonds. The molecule has 1 aromatic rings. The molecule has 0 N–H and O–H groups in total. The van der Waals surface area contributed by atoms with Crippen LogP contribution in [0.1, 0.15) is 24.1 Å². The summed E-state index contributed by atoms with van der Waals surface area (Å²) < 4.78 is 0. The molecule has 0 spiro atoms. The van der Waals surface area contributed by atoms with Gasteiger partial charge in [0.05, 0.1) is 6.04 Å². The lowest BCUT2D eigenvalue weighted by molar-refractivity contribution is 0.559. The number of benzene rings is 1. The molecule has 0 saturated heterocycles. The first-order chi connectivity index (χ1) is 6.27. The van der Waals surface area contributed by atoms with Crippen LogP contribution in [0.3, 0.4) is 0 Å². The molecule has 1 aromatic carbocycles. The van der Waals surface area contributed by atoms with Crippen LogP contribution in [0.25, 0.3) is 6.08 Å². The summed E-state index contributed by atoms with van der Waals surface area (Å²) in [6, 6.07) is 7.64. The molecule has 0 fully saturated rings. The maximum atomic E-state index is 10.0. The number of rotatable bonds is 3. The molecule has 0 bridgehead atoms. The summed E-state index contributed by atoms with van der Waals surface area (Å²) in [7, 11) is 0. The van der Waals surface area contributed by atoms with Crippen LogP contribution in [0.4, 0.5) is 0 Å². The fourth-order valence-corrected chi connectivity index (χ4v) is 1.06. The van der Waals surface area contributed by atoms with Crippen LogP contribution in [0.15, 0.2) is 35.8 Å². The third-order valence-electron chi connectivity index (χ3n) is 1.90. The average molecular weight is 173 g/mol. The summed E-state index contributed by atoms with van der Waals surface area (Å²) in [5.41, 5.74) is 2.07. The van der Waals surface area contributed by atoms with Crippen molar-refractivity contribution < 1.29 is 4.79 Å². The quantitative estimate of drug-likeness (QED) is 0.510. The van der Waals surface area contributed by atoms with E-state index in [9.17, 15) is 4.79 Å². The molecule has 2 nitrogen and oxygen atoms in total. The molecule has 0 heterocycles. The fraction of sp³-hybridized carbons (Fsp3) is 0.182. The Balaban J connectivity index is 2.91. The van der Waals surface area contributed by atoms with Crippen molar-refractivity contribution in [2.75, 3.05) is 0 Å². The zero-order chi connectivity index (χ0) is 9.68. The molecule has 0 aliphatic heterocycles. The molecule has 13 heavy (non-hydrogen) atoms. The van der Waals surface area contributed by atoms with E-state index in [2.05, 4.69) is 11.6 Å². The van der Waals surface area contributed by atoms with Gasteiger partial charge in [0.2, 0.25) is 6.08 Å². The van der Waals surface area contributed by atoms with Gasteiger partial charge in [-0.05, 0) is 18.1 Å². The molecule has 2 heteroatoms. The lowest BCUT2D eigenvalue weighted by Crippen LogP contribution is -1.88. The highest BCUT2D eigenvalue weighted by Crippen LogP contribution is 2.16. The van der Waals surface area contributed by atoms with Crippen LogP contribution >= 0.6 is 0 Å². The van der Waals surface area contributed by atoms with Gasteiger partial charge in [0.25, 0.3) is 0 Å². The summed E-state index contributed by atoms with van der Waals surface area (Å²) in [6.45, 7) is 5.51. The monoisotopic (exact) mass is 173 g/mol. The first kappa shape index (κ1) is 9.43. The van der Waals surface area contributed by atoms with Crippen LogP contribution in [-0.4, -0.2) is 6.08 Å². The Labute approximate surface area is 77.6 Å². The highest BCUT2D eigenvalue weighted by molar-refractivity contribution is 5.47. The zero-order valence-electron chi connectivity index (χ0n) is 7.53. The summed E-state index contributed by atoms with van der Waals surface area (Å²) in [4.78, 5) is 13.6. The van der Waals surface area contributed by atoms with Crippen molar-refractivity contribution in [2.45, 2.75) is 13.0 Å². The Bertz CT molecular complexity index is 334. The smallest absolute Gasteiger partial charge is 0.211 e. The lowest BCUT2D eigenvalue weighted by atomic mass is 10.1. The maximum absolute atomic E-state index is 10.0. The second-order valence-electron chi connectivity index (χ2n) is 2.77. The summed E-state index contributed by atoms with van der Waals surface area (Å²) >= 11 is 0. The minimum atomic E-state index is -0.114. The predicted octanol–water partition coefficient (Wildman–Crippen LogP) is 2.73. The maximum Gasteiger partial charge on any atom is 0.235 e. The van der Waals surface area contributed by atoms with Gasteiger partial charge in [-0.2, -0.15) is 4.99 Å². The molecule has 1 unspecified atom stereocenters. The van der Waals surface area contributed by atoms with Crippen molar-refractivity contribution in [3.8, 4) is 0 Å². The van der Waals surface area contributed by atoms with E-state index in [1.807, 2.05) is 31.2 Å². The minimum absolute atomic E-state index is 0.114. The largest absolute Gasteiger partial charge is 0.235 e. The van der Waals surface area contributed by atoms with E-state index in [1.165, 1.54) is 0 Å². The Kier molecular flexibility index (Phi) is 3.18. The highest BCUT2D eigenvalue weighted by Gasteiger charge is 2.01. The van der Waals surface area contributed by atoms with E-state index in [4.69, 9.17) is 0 Å². The Morgan fingerprint density at radius 2 is 2.08 bits per heavy atom. The van der Waals surface area contributed by atoms with Gasteiger partial charge in [-0.25, -0.2) is 4.79 Å². The standard InChI is InChI=1S/C11H11NO/c1-3-10-4-6-11(7-5-10)9(2)12-8-13/h3-7,9H,1H2,2H3. The number of aliphatic imine (C=N–C) groups is 1. The molecule has 0 radical (unpaired) electrons. The van der Waals surface area contributed by atoms with Crippen molar-refractivity contribution in [1.29, 1.82) is 0 Å². The van der Waals surface area contributed by atoms with Crippen molar-refractivity contribution in [1.82, 2.24) is 0 Å². The number of hydrogen-bond donors (Lipinski definition) is 0. The van der Waals surface area contributed by atoms with E-state index >= 15 is 0 Å². The second-order valence-corrected chi connectivity index (χ2v) is 2.77. The van der Waals surface area contributed by atoms with Gasteiger partial charge in [-0.15, -0.1) is 0 Å². The average Bonchev–Trinajstić information content (AvgIpc) is 2.18. The molecule has 1 atom stereocenters. The van der Waals surface area contributed by atoms with E-state index in [1.54, 1.807) is 12.2 Å². The lowest BCUT2D eigenvalue weighted by Gasteiger charge is -2.03. The topological polar surface area (TPSA) is 29.4 Å². The number of nitrogens with zero attached hydrogens (tertiary/aromatic N) is 1. The summed E-state index contributed by atoms with van der Waals surface area (Å²) in [5.74, 6) is 0. The van der Waals surface area contributed by atoms with Gasteiger partial charge in [0.15, 0.2) is 0 Å². The number of isocyanates is 1. The number of hydrogen-bond acceptors (Lipinski definition) is 2.